The van der Waals surface area contributed by atoms with Crippen LogP contribution >= 0.6 is 22.9 Å². The zero-order valence-electron chi connectivity index (χ0n) is 10.6. The van der Waals surface area contributed by atoms with Gasteiger partial charge in [-0.15, -0.1) is 11.3 Å². The maximum absolute atomic E-state index is 11.9. The average molecular weight is 293 g/mol. The van der Waals surface area contributed by atoms with Gasteiger partial charge in [0.1, 0.15) is 5.75 Å². The van der Waals surface area contributed by atoms with Crippen molar-refractivity contribution in [3.8, 4) is 5.75 Å². The molecule has 2 rings (SSSR count). The van der Waals surface area contributed by atoms with Crippen molar-refractivity contribution in [2.45, 2.75) is 13.8 Å². The third kappa shape index (κ3) is 3.25. The minimum Gasteiger partial charge on any atom is -0.507 e. The smallest absolute Gasteiger partial charge is 0.195 e. The number of thiophene rings is 1. The van der Waals surface area contributed by atoms with Gasteiger partial charge in [0.15, 0.2) is 5.78 Å². The summed E-state index contributed by atoms with van der Waals surface area (Å²) in [6.45, 7) is 3.67. The summed E-state index contributed by atoms with van der Waals surface area (Å²) in [5.74, 6) is 0.230. The minimum absolute atomic E-state index is 0.0692. The van der Waals surface area contributed by atoms with Crippen LogP contribution in [0.3, 0.4) is 0 Å². The maximum atomic E-state index is 11.9. The van der Waals surface area contributed by atoms with E-state index in [4.69, 9.17) is 11.6 Å². The standard InChI is InChI=1S/C15H13ClO2S/c1-9-7-11(8-10(2)15(9)18)3-4-12(17)13-5-6-14(16)19-13/h3-8,18H,1-2H3. The summed E-state index contributed by atoms with van der Waals surface area (Å²) >= 11 is 7.06. The number of ketones is 1. The molecule has 0 aliphatic heterocycles. The molecular weight excluding hydrogens is 280 g/mol. The third-order valence-corrected chi connectivity index (χ3v) is 4.00. The van der Waals surface area contributed by atoms with Gasteiger partial charge in [0.2, 0.25) is 0 Å². The Labute approximate surface area is 121 Å². The molecule has 0 saturated heterocycles. The second kappa shape index (κ2) is 5.59. The monoisotopic (exact) mass is 292 g/mol. The number of benzene rings is 1. The summed E-state index contributed by atoms with van der Waals surface area (Å²) in [6.07, 6.45) is 3.27. The largest absolute Gasteiger partial charge is 0.507 e. The van der Waals surface area contributed by atoms with Crippen LogP contribution in [0.5, 0.6) is 5.75 Å². The summed E-state index contributed by atoms with van der Waals surface area (Å²) in [4.78, 5) is 12.5. The molecule has 1 aromatic carbocycles. The highest BCUT2D eigenvalue weighted by molar-refractivity contribution is 7.18. The van der Waals surface area contributed by atoms with Crippen LogP contribution in [-0.2, 0) is 0 Å². The summed E-state index contributed by atoms with van der Waals surface area (Å²) in [6, 6.07) is 7.11. The Morgan fingerprint density at radius 3 is 2.42 bits per heavy atom. The van der Waals surface area contributed by atoms with Crippen LogP contribution in [0.4, 0.5) is 0 Å². The maximum Gasteiger partial charge on any atom is 0.195 e. The van der Waals surface area contributed by atoms with E-state index >= 15 is 0 Å². The van der Waals surface area contributed by atoms with E-state index in [1.165, 1.54) is 17.4 Å². The van der Waals surface area contributed by atoms with Crippen molar-refractivity contribution in [3.05, 3.63) is 56.2 Å². The molecule has 0 aliphatic rings. The number of aryl methyl sites for hydroxylation is 2. The van der Waals surface area contributed by atoms with E-state index in [1.54, 1.807) is 18.2 Å². The Morgan fingerprint density at radius 1 is 1.26 bits per heavy atom. The first-order chi connectivity index (χ1) is 8.97. The number of phenols is 1. The molecule has 0 saturated carbocycles. The van der Waals surface area contributed by atoms with Gasteiger partial charge < -0.3 is 5.11 Å². The zero-order chi connectivity index (χ0) is 14.0. The first kappa shape index (κ1) is 13.8. The van der Waals surface area contributed by atoms with Crippen molar-refractivity contribution < 1.29 is 9.90 Å². The predicted molar refractivity (Wildman–Crippen MR) is 80.3 cm³/mol. The third-order valence-electron chi connectivity index (χ3n) is 2.76. The number of phenolic OH excluding ortho intramolecular Hbond substituents is 1. The average Bonchev–Trinajstić information content (AvgIpc) is 2.79. The van der Waals surface area contributed by atoms with E-state index < -0.39 is 0 Å². The molecule has 19 heavy (non-hydrogen) atoms. The molecule has 4 heteroatoms. The minimum atomic E-state index is -0.0692. The molecule has 98 valence electrons. The lowest BCUT2D eigenvalue weighted by atomic mass is 10.1. The number of allylic oxidation sites excluding steroid dienone is 1. The molecule has 0 unspecified atom stereocenters. The van der Waals surface area contributed by atoms with E-state index in [-0.39, 0.29) is 5.78 Å². The van der Waals surface area contributed by atoms with Gasteiger partial charge in [0.05, 0.1) is 9.21 Å². The van der Waals surface area contributed by atoms with Crippen LogP contribution in [-0.4, -0.2) is 10.9 Å². The molecule has 0 bridgehead atoms. The van der Waals surface area contributed by atoms with Crippen LogP contribution in [0.2, 0.25) is 4.34 Å². The second-order valence-corrected chi connectivity index (χ2v) is 6.02. The molecule has 1 N–H and O–H groups in total. The van der Waals surface area contributed by atoms with E-state index in [1.807, 2.05) is 26.0 Å². The summed E-state index contributed by atoms with van der Waals surface area (Å²) in [7, 11) is 0. The Morgan fingerprint density at radius 2 is 1.89 bits per heavy atom. The molecule has 0 fully saturated rings. The Hall–Kier alpha value is -1.58. The summed E-state index contributed by atoms with van der Waals surface area (Å²) < 4.78 is 0.605. The molecule has 1 aromatic heterocycles. The summed E-state index contributed by atoms with van der Waals surface area (Å²) in [5.41, 5.74) is 2.49. The quantitative estimate of drug-likeness (QED) is 0.662. The number of aromatic hydroxyl groups is 1. The number of halogens is 1. The van der Waals surface area contributed by atoms with Crippen molar-refractivity contribution in [3.63, 3.8) is 0 Å². The topological polar surface area (TPSA) is 37.3 Å². The lowest BCUT2D eigenvalue weighted by Gasteiger charge is -2.04. The fourth-order valence-corrected chi connectivity index (χ4v) is 2.75. The van der Waals surface area contributed by atoms with Gasteiger partial charge in [-0.1, -0.05) is 17.7 Å². The van der Waals surface area contributed by atoms with Crippen LogP contribution in [0.1, 0.15) is 26.4 Å². The molecule has 2 nitrogen and oxygen atoms in total. The number of hydrogen-bond donors (Lipinski definition) is 1. The highest BCUT2D eigenvalue weighted by atomic mass is 35.5. The van der Waals surface area contributed by atoms with Gasteiger partial charge in [-0.2, -0.15) is 0 Å². The zero-order valence-corrected chi connectivity index (χ0v) is 12.2. The number of hydrogen-bond acceptors (Lipinski definition) is 3. The Bertz CT molecular complexity index is 633. The molecular formula is C15H13ClO2S. The van der Waals surface area contributed by atoms with Crippen molar-refractivity contribution >= 4 is 34.8 Å². The number of rotatable bonds is 3. The first-order valence-corrected chi connectivity index (χ1v) is 6.95. The van der Waals surface area contributed by atoms with Crippen molar-refractivity contribution in [1.82, 2.24) is 0 Å². The second-order valence-electron chi connectivity index (χ2n) is 4.30. The van der Waals surface area contributed by atoms with Crippen LogP contribution in [0.15, 0.2) is 30.3 Å². The first-order valence-electron chi connectivity index (χ1n) is 5.75. The van der Waals surface area contributed by atoms with Gasteiger partial charge in [-0.3, -0.25) is 4.79 Å². The fraction of sp³-hybridized carbons (Fsp3) is 0.133. The molecule has 0 amide bonds. The highest BCUT2D eigenvalue weighted by Gasteiger charge is 2.06. The Balaban J connectivity index is 2.21. The number of carbonyl (C=O) groups is 1. The van der Waals surface area contributed by atoms with E-state index in [0.717, 1.165) is 16.7 Å². The lowest BCUT2D eigenvalue weighted by molar-refractivity contribution is 0.105. The molecule has 1 heterocycles. The fourth-order valence-electron chi connectivity index (χ4n) is 1.79. The van der Waals surface area contributed by atoms with E-state index in [0.29, 0.717) is 15.0 Å². The molecule has 0 radical (unpaired) electrons. The van der Waals surface area contributed by atoms with Crippen LogP contribution < -0.4 is 0 Å². The van der Waals surface area contributed by atoms with E-state index in [9.17, 15) is 9.90 Å². The van der Waals surface area contributed by atoms with Crippen molar-refractivity contribution in [2.24, 2.45) is 0 Å². The Kier molecular flexibility index (Phi) is 4.08. The van der Waals surface area contributed by atoms with Crippen molar-refractivity contribution in [2.75, 3.05) is 0 Å². The molecule has 0 spiro atoms. The van der Waals surface area contributed by atoms with Gasteiger partial charge in [-0.25, -0.2) is 0 Å². The normalized spacial score (nSPS) is 11.1. The summed E-state index contributed by atoms with van der Waals surface area (Å²) in [5, 5.41) is 9.68. The highest BCUT2D eigenvalue weighted by Crippen LogP contribution is 2.24. The molecule has 0 aliphatic carbocycles. The van der Waals surface area contributed by atoms with Crippen LogP contribution in [0, 0.1) is 13.8 Å². The number of carbonyl (C=O) groups excluding carboxylic acids is 1. The van der Waals surface area contributed by atoms with Gasteiger partial charge in [0, 0.05) is 0 Å². The molecule has 2 aromatic rings. The van der Waals surface area contributed by atoms with Gasteiger partial charge in [0.25, 0.3) is 0 Å². The lowest BCUT2D eigenvalue weighted by Crippen LogP contribution is -1.89. The molecule has 0 atom stereocenters. The van der Waals surface area contributed by atoms with E-state index in [2.05, 4.69) is 0 Å². The van der Waals surface area contributed by atoms with Crippen molar-refractivity contribution in [1.29, 1.82) is 0 Å². The van der Waals surface area contributed by atoms with Crippen LogP contribution in [0.25, 0.3) is 6.08 Å². The predicted octanol–water partition coefficient (Wildman–Crippen LogP) is 4.62. The van der Waals surface area contributed by atoms with Gasteiger partial charge >= 0.3 is 0 Å². The SMILES string of the molecule is Cc1cc(C=CC(=O)c2ccc(Cl)s2)cc(C)c1O. The van der Waals surface area contributed by atoms with Gasteiger partial charge in [-0.05, 0) is 60.9 Å².